The Bertz CT molecular complexity index is 943. The quantitative estimate of drug-likeness (QED) is 0.569. The topological polar surface area (TPSA) is 58.6 Å². The minimum atomic E-state index is -0.471. The van der Waals surface area contributed by atoms with Crippen molar-refractivity contribution in [1.82, 2.24) is 19.8 Å². The summed E-state index contributed by atoms with van der Waals surface area (Å²) in [5, 5.41) is 0. The van der Waals surface area contributed by atoms with Crippen molar-refractivity contribution in [3.8, 4) is 0 Å². The third-order valence-electron chi connectivity index (χ3n) is 6.21. The summed E-state index contributed by atoms with van der Waals surface area (Å²) in [6.45, 7) is 17.4. The Labute approximate surface area is 199 Å². The summed E-state index contributed by atoms with van der Waals surface area (Å²) in [4.78, 5) is 26.4. The smallest absolute Gasteiger partial charge is 0.410 e. The minimum absolute atomic E-state index is 0.213. The van der Waals surface area contributed by atoms with E-state index in [-0.39, 0.29) is 6.09 Å². The van der Waals surface area contributed by atoms with Gasteiger partial charge < -0.3 is 9.64 Å². The van der Waals surface area contributed by atoms with Gasteiger partial charge in [0.1, 0.15) is 5.60 Å². The Kier molecular flexibility index (Phi) is 8.11. The number of rotatable bonds is 6. The van der Waals surface area contributed by atoms with Gasteiger partial charge in [-0.05, 0) is 76.1 Å². The maximum Gasteiger partial charge on any atom is 0.410 e. The van der Waals surface area contributed by atoms with Crippen LogP contribution in [0, 0.1) is 13.8 Å². The molecule has 180 valence electrons. The number of pyridine rings is 2. The molecule has 3 heterocycles. The first-order chi connectivity index (χ1) is 15.5. The van der Waals surface area contributed by atoms with Crippen molar-refractivity contribution in [3.63, 3.8) is 0 Å². The van der Waals surface area contributed by atoms with Crippen molar-refractivity contribution >= 4 is 6.09 Å². The van der Waals surface area contributed by atoms with Gasteiger partial charge in [0, 0.05) is 44.6 Å². The third kappa shape index (κ3) is 7.00. The summed E-state index contributed by atoms with van der Waals surface area (Å²) in [6.07, 6.45) is 5.45. The molecule has 1 saturated heterocycles. The molecule has 6 heteroatoms. The average Bonchev–Trinajstić information content (AvgIpc) is 2.74. The maximum atomic E-state index is 12.5. The molecule has 6 nitrogen and oxygen atoms in total. The van der Waals surface area contributed by atoms with E-state index < -0.39 is 5.60 Å². The summed E-state index contributed by atoms with van der Waals surface area (Å²) < 4.78 is 5.59. The molecule has 0 aromatic carbocycles. The molecule has 0 spiro atoms. The number of carbonyl (C=O) groups excluding carboxylic acids is 1. The number of aryl methyl sites for hydroxylation is 2. The lowest BCUT2D eigenvalue weighted by Crippen LogP contribution is -2.47. The van der Waals surface area contributed by atoms with Gasteiger partial charge in [0.05, 0.1) is 11.4 Å². The summed E-state index contributed by atoms with van der Waals surface area (Å²) in [5.41, 5.74) is 5.46. The first kappa shape index (κ1) is 25.2. The molecule has 0 radical (unpaired) electrons. The highest BCUT2D eigenvalue weighted by molar-refractivity contribution is 5.68. The highest BCUT2D eigenvalue weighted by Gasteiger charge is 2.30. The molecular formula is C27H40N4O2. The monoisotopic (exact) mass is 452 g/mol. The van der Waals surface area contributed by atoms with Crippen molar-refractivity contribution in [3.05, 3.63) is 58.7 Å². The Morgan fingerprint density at radius 1 is 1.15 bits per heavy atom. The molecule has 0 N–H and O–H groups in total. The SMILES string of the molecule is Cc1cnc(CN(Cc2ncccc2C(C)C)C2CCN(C(=O)OC(C)(C)C)CC2)c(C)c1. The van der Waals surface area contributed by atoms with Crippen molar-refractivity contribution in [2.24, 2.45) is 0 Å². The number of carbonyl (C=O) groups is 1. The van der Waals surface area contributed by atoms with E-state index in [9.17, 15) is 4.79 Å². The molecule has 2 aromatic heterocycles. The van der Waals surface area contributed by atoms with Crippen LogP contribution in [0.4, 0.5) is 4.79 Å². The van der Waals surface area contributed by atoms with Gasteiger partial charge in [0.25, 0.3) is 0 Å². The van der Waals surface area contributed by atoms with Crippen LogP contribution in [0.2, 0.25) is 0 Å². The van der Waals surface area contributed by atoms with Crippen LogP contribution in [0.3, 0.4) is 0 Å². The second kappa shape index (κ2) is 10.6. The number of amides is 1. The highest BCUT2D eigenvalue weighted by atomic mass is 16.6. The number of likely N-dealkylation sites (tertiary alicyclic amines) is 1. The molecule has 2 aromatic rings. The molecule has 1 amide bonds. The number of piperidine rings is 1. The lowest BCUT2D eigenvalue weighted by molar-refractivity contribution is 0.0128. The standard InChI is InChI=1S/C27H40N4O2/c1-19(2)23-9-8-12-28-25(23)18-31(17-24-21(4)15-20(3)16-29-24)22-10-13-30(14-11-22)26(32)33-27(5,6)7/h8-9,12,15-16,19,22H,10-11,13-14,17-18H2,1-7H3. The van der Waals surface area contributed by atoms with Gasteiger partial charge in [-0.15, -0.1) is 0 Å². The normalized spacial score (nSPS) is 15.4. The minimum Gasteiger partial charge on any atom is -0.444 e. The molecule has 1 aliphatic heterocycles. The molecule has 3 rings (SSSR count). The molecule has 33 heavy (non-hydrogen) atoms. The van der Waals surface area contributed by atoms with Crippen LogP contribution < -0.4 is 0 Å². The van der Waals surface area contributed by atoms with Gasteiger partial charge in [-0.1, -0.05) is 26.0 Å². The number of aromatic nitrogens is 2. The van der Waals surface area contributed by atoms with Crippen molar-refractivity contribution in [1.29, 1.82) is 0 Å². The second-order valence-corrected chi connectivity index (χ2v) is 10.6. The van der Waals surface area contributed by atoms with E-state index in [2.05, 4.69) is 44.7 Å². The van der Waals surface area contributed by atoms with Gasteiger partial charge in [-0.3, -0.25) is 14.9 Å². The second-order valence-electron chi connectivity index (χ2n) is 10.6. The maximum absolute atomic E-state index is 12.5. The zero-order valence-corrected chi connectivity index (χ0v) is 21.4. The Hall–Kier alpha value is -2.47. The highest BCUT2D eigenvalue weighted by Crippen LogP contribution is 2.26. The Morgan fingerprint density at radius 3 is 2.42 bits per heavy atom. The van der Waals surface area contributed by atoms with Crippen LogP contribution in [0.5, 0.6) is 0 Å². The van der Waals surface area contributed by atoms with Crippen LogP contribution in [0.25, 0.3) is 0 Å². The van der Waals surface area contributed by atoms with Crippen molar-refractivity contribution < 1.29 is 9.53 Å². The number of hydrogen-bond acceptors (Lipinski definition) is 5. The van der Waals surface area contributed by atoms with E-state index in [1.807, 2.05) is 44.1 Å². The largest absolute Gasteiger partial charge is 0.444 e. The first-order valence-electron chi connectivity index (χ1n) is 12.1. The molecule has 0 atom stereocenters. The Morgan fingerprint density at radius 2 is 1.82 bits per heavy atom. The van der Waals surface area contributed by atoms with E-state index in [1.165, 1.54) is 16.7 Å². The predicted molar refractivity (Wildman–Crippen MR) is 132 cm³/mol. The molecule has 0 saturated carbocycles. The first-order valence-corrected chi connectivity index (χ1v) is 12.1. The molecule has 0 aliphatic carbocycles. The third-order valence-corrected chi connectivity index (χ3v) is 6.21. The molecule has 1 aliphatic rings. The number of ether oxygens (including phenoxy) is 1. The number of hydrogen-bond donors (Lipinski definition) is 0. The van der Waals surface area contributed by atoms with E-state index in [0.29, 0.717) is 25.0 Å². The van der Waals surface area contributed by atoms with Crippen LogP contribution in [0.1, 0.15) is 81.5 Å². The van der Waals surface area contributed by atoms with Crippen LogP contribution >= 0.6 is 0 Å². The van der Waals surface area contributed by atoms with Crippen LogP contribution in [0.15, 0.2) is 30.6 Å². The van der Waals surface area contributed by atoms with Crippen LogP contribution in [-0.4, -0.2) is 50.6 Å². The van der Waals surface area contributed by atoms with Crippen molar-refractivity contribution in [2.75, 3.05) is 13.1 Å². The molecule has 1 fully saturated rings. The fraction of sp³-hybridized carbons (Fsp3) is 0.593. The average molecular weight is 453 g/mol. The predicted octanol–water partition coefficient (Wildman–Crippen LogP) is 5.62. The van der Waals surface area contributed by atoms with Gasteiger partial charge in [0.15, 0.2) is 0 Å². The zero-order chi connectivity index (χ0) is 24.2. The molecule has 0 bridgehead atoms. The van der Waals surface area contributed by atoms with Crippen LogP contribution in [-0.2, 0) is 17.8 Å². The fourth-order valence-corrected chi connectivity index (χ4v) is 4.46. The zero-order valence-electron chi connectivity index (χ0n) is 21.4. The van der Waals surface area contributed by atoms with Gasteiger partial charge in [-0.2, -0.15) is 0 Å². The van der Waals surface area contributed by atoms with E-state index in [4.69, 9.17) is 14.7 Å². The summed E-state index contributed by atoms with van der Waals surface area (Å²) in [6, 6.07) is 6.76. The molecular weight excluding hydrogens is 412 g/mol. The van der Waals surface area contributed by atoms with E-state index >= 15 is 0 Å². The Balaban J connectivity index is 1.78. The van der Waals surface area contributed by atoms with Crippen molar-refractivity contribution in [2.45, 2.75) is 92.0 Å². The lowest BCUT2D eigenvalue weighted by Gasteiger charge is -2.39. The number of nitrogens with zero attached hydrogens (tertiary/aromatic N) is 4. The molecule has 0 unspecified atom stereocenters. The van der Waals surface area contributed by atoms with E-state index in [1.54, 1.807) is 0 Å². The summed E-state index contributed by atoms with van der Waals surface area (Å²) >= 11 is 0. The fourth-order valence-electron chi connectivity index (χ4n) is 4.46. The van der Waals surface area contributed by atoms with Gasteiger partial charge in [-0.25, -0.2) is 4.79 Å². The lowest BCUT2D eigenvalue weighted by atomic mass is 9.98. The van der Waals surface area contributed by atoms with Gasteiger partial charge >= 0.3 is 6.09 Å². The summed E-state index contributed by atoms with van der Waals surface area (Å²) in [5.74, 6) is 0.420. The van der Waals surface area contributed by atoms with Gasteiger partial charge in [0.2, 0.25) is 0 Å². The van der Waals surface area contributed by atoms with E-state index in [0.717, 1.165) is 37.3 Å². The summed E-state index contributed by atoms with van der Waals surface area (Å²) in [7, 11) is 0.